The van der Waals surface area contributed by atoms with Crippen molar-refractivity contribution in [2.24, 2.45) is 29.6 Å². The maximum atomic E-state index is 13.0. The third-order valence-corrected chi connectivity index (χ3v) is 20.0. The summed E-state index contributed by atoms with van der Waals surface area (Å²) in [5.41, 5.74) is 0. The molecule has 494 valence electrons. The van der Waals surface area contributed by atoms with Crippen LogP contribution in [-0.4, -0.2) is 141 Å². The molecule has 3 N–H and O–H groups in total. The van der Waals surface area contributed by atoms with Crippen molar-refractivity contribution in [1.29, 1.82) is 0 Å². The summed E-state index contributed by atoms with van der Waals surface area (Å²) in [5.74, 6) is 2.58. The standard InChI is InChI=1S/C69H121N5O12/c1-5-7-9-11-13-15-19-23-64(75)83-50-62(48-73-46-52(73)3)85-68(79)71-60-37-31-55(32-38-60)43-54-25-27-58(28-26-54)45-66(77)81-41-21-17-18-22-42-82-67(78)70-59-35-29-56(30-36-59)44-57-33-39-61(40-34-57)72-69(80)86-63(49-74-47-53(74)4)51-84-65(76)24-20-16-14-12-10-8-6-2/h52-63H,5-51H2,1-4H3,(H,70,78)(H,71,79)(H,72,80). The zero-order chi connectivity index (χ0) is 61.1. The van der Waals surface area contributed by atoms with E-state index in [1.54, 1.807) is 0 Å². The van der Waals surface area contributed by atoms with Gasteiger partial charge in [0.25, 0.3) is 0 Å². The van der Waals surface area contributed by atoms with Crippen LogP contribution in [0.15, 0.2) is 0 Å². The number of esters is 3. The molecule has 4 saturated carbocycles. The normalized spacial score (nSPS) is 27.8. The van der Waals surface area contributed by atoms with E-state index in [1.165, 1.54) is 64.2 Å². The lowest BCUT2D eigenvalue weighted by atomic mass is 9.74. The lowest BCUT2D eigenvalue weighted by Gasteiger charge is -2.34. The Balaban J connectivity index is 0.703. The average molecular weight is 1210 g/mol. The number of hydrogen-bond donors (Lipinski definition) is 3. The molecule has 2 saturated heterocycles. The topological polar surface area (TPSA) is 200 Å². The van der Waals surface area contributed by atoms with Crippen molar-refractivity contribution in [1.82, 2.24) is 25.8 Å². The highest BCUT2D eigenvalue weighted by Gasteiger charge is 2.36. The highest BCUT2D eigenvalue weighted by atomic mass is 16.6. The van der Waals surface area contributed by atoms with Crippen LogP contribution in [0.4, 0.5) is 14.4 Å². The van der Waals surface area contributed by atoms with Crippen LogP contribution in [0.3, 0.4) is 0 Å². The lowest BCUT2D eigenvalue weighted by molar-refractivity contribution is -0.147. The third kappa shape index (κ3) is 31.1. The van der Waals surface area contributed by atoms with E-state index in [1.807, 2.05) is 0 Å². The van der Waals surface area contributed by atoms with Crippen molar-refractivity contribution in [3.05, 3.63) is 0 Å². The fraction of sp³-hybridized carbons (Fsp3) is 0.913. The van der Waals surface area contributed by atoms with Gasteiger partial charge in [-0.15, -0.1) is 0 Å². The van der Waals surface area contributed by atoms with Gasteiger partial charge in [-0.2, -0.15) is 0 Å². The van der Waals surface area contributed by atoms with Crippen LogP contribution in [0.5, 0.6) is 0 Å². The summed E-state index contributed by atoms with van der Waals surface area (Å²) >= 11 is 0. The molecule has 86 heavy (non-hydrogen) atoms. The van der Waals surface area contributed by atoms with Crippen molar-refractivity contribution in [2.45, 2.75) is 321 Å². The summed E-state index contributed by atoms with van der Waals surface area (Å²) in [6.07, 6.45) is 38.0. The number of unbranched alkanes of at least 4 members (excludes halogenated alkanes) is 15. The Labute approximate surface area is 519 Å². The summed E-state index contributed by atoms with van der Waals surface area (Å²) in [7, 11) is 0. The van der Waals surface area contributed by atoms with E-state index in [0.717, 1.165) is 180 Å². The number of nitrogens with one attached hydrogen (secondary N) is 3. The van der Waals surface area contributed by atoms with Gasteiger partial charge in [0.05, 0.1) is 13.2 Å². The largest absolute Gasteiger partial charge is 0.466 e. The molecule has 0 aromatic rings. The number of hydrogen-bond acceptors (Lipinski definition) is 14. The van der Waals surface area contributed by atoms with Crippen LogP contribution >= 0.6 is 0 Å². The quantitative estimate of drug-likeness (QED) is 0.0226. The van der Waals surface area contributed by atoms with Crippen LogP contribution in [0.2, 0.25) is 0 Å². The van der Waals surface area contributed by atoms with E-state index in [2.05, 4.69) is 53.4 Å². The van der Waals surface area contributed by atoms with Gasteiger partial charge in [0, 0.05) is 75.7 Å². The Bertz CT molecular complexity index is 1780. The van der Waals surface area contributed by atoms with Crippen LogP contribution in [-0.2, 0) is 42.8 Å². The molecule has 0 bridgehead atoms. The molecule has 6 aliphatic rings. The summed E-state index contributed by atoms with van der Waals surface area (Å²) in [4.78, 5) is 80.8. The zero-order valence-electron chi connectivity index (χ0n) is 54.5. The van der Waals surface area contributed by atoms with Gasteiger partial charge in [0.2, 0.25) is 0 Å². The minimum absolute atomic E-state index is 0.0813. The molecule has 4 aliphatic carbocycles. The van der Waals surface area contributed by atoms with Gasteiger partial charge in [-0.1, -0.05) is 104 Å². The Hall–Kier alpha value is -3.86. The minimum atomic E-state index is -0.476. The second-order valence-corrected chi connectivity index (χ2v) is 27.7. The van der Waals surface area contributed by atoms with Crippen molar-refractivity contribution in [2.75, 3.05) is 52.6 Å². The number of carbonyl (C=O) groups is 6. The van der Waals surface area contributed by atoms with E-state index in [9.17, 15) is 28.8 Å². The van der Waals surface area contributed by atoms with E-state index >= 15 is 0 Å². The van der Waals surface area contributed by atoms with Gasteiger partial charge < -0.3 is 44.4 Å². The second kappa shape index (κ2) is 41.4. The van der Waals surface area contributed by atoms with Gasteiger partial charge >= 0.3 is 36.2 Å². The van der Waals surface area contributed by atoms with Gasteiger partial charge in [-0.25, -0.2) is 14.4 Å². The smallest absolute Gasteiger partial charge is 0.407 e. The first-order valence-corrected chi connectivity index (χ1v) is 35.6. The van der Waals surface area contributed by atoms with E-state index in [4.69, 9.17) is 28.4 Å². The molecule has 0 aromatic carbocycles. The SMILES string of the molecule is CCCCCCCCCC(=O)OCC(CN1CC1C)OC(=O)NC1CCC(CC2CCC(CC(=O)OCCCCCCOC(=O)NC3CCC(CC4CCC(NC(=O)OC(COC(=O)CCCCCCCCC)CN5CC5C)CC4)CC3)CC2)CC1. The molecule has 0 radical (unpaired) electrons. The first-order chi connectivity index (χ1) is 41.8. The Morgan fingerprint density at radius 1 is 0.384 bits per heavy atom. The fourth-order valence-electron chi connectivity index (χ4n) is 14.2. The lowest BCUT2D eigenvalue weighted by Crippen LogP contribution is -2.42. The minimum Gasteiger partial charge on any atom is -0.466 e. The molecule has 6 fully saturated rings. The summed E-state index contributed by atoms with van der Waals surface area (Å²) in [6.45, 7) is 12.9. The number of ether oxygens (including phenoxy) is 6. The molecular formula is C69H121N5O12. The third-order valence-electron chi connectivity index (χ3n) is 20.0. The van der Waals surface area contributed by atoms with Crippen LogP contribution < -0.4 is 16.0 Å². The van der Waals surface area contributed by atoms with Crippen LogP contribution in [0, 0.1) is 29.6 Å². The van der Waals surface area contributed by atoms with Gasteiger partial charge in [0.1, 0.15) is 13.2 Å². The molecule has 6 rings (SSSR count). The molecule has 2 aliphatic heterocycles. The molecule has 3 amide bonds. The summed E-state index contributed by atoms with van der Waals surface area (Å²) in [6, 6.07) is 1.29. The number of alkyl carbamates (subject to hydrolysis) is 3. The highest BCUT2D eigenvalue weighted by molar-refractivity contribution is 5.71. The number of carbonyl (C=O) groups excluding carboxylic acids is 6. The molecule has 17 heteroatoms. The van der Waals surface area contributed by atoms with Crippen LogP contribution in [0.25, 0.3) is 0 Å². The van der Waals surface area contributed by atoms with Crippen LogP contribution in [0.1, 0.15) is 278 Å². The number of rotatable bonds is 42. The summed E-state index contributed by atoms with van der Waals surface area (Å²) < 4.78 is 34.1. The van der Waals surface area contributed by atoms with Gasteiger partial charge in [0.15, 0.2) is 12.2 Å². The number of amides is 3. The predicted molar refractivity (Wildman–Crippen MR) is 336 cm³/mol. The van der Waals surface area contributed by atoms with E-state index in [-0.39, 0.29) is 55.3 Å². The molecule has 0 spiro atoms. The highest BCUT2D eigenvalue weighted by Crippen LogP contribution is 2.39. The maximum Gasteiger partial charge on any atom is 0.407 e. The Morgan fingerprint density at radius 2 is 0.709 bits per heavy atom. The monoisotopic (exact) mass is 1210 g/mol. The molecule has 2 heterocycles. The second-order valence-electron chi connectivity index (χ2n) is 27.7. The van der Waals surface area contributed by atoms with Crippen molar-refractivity contribution >= 4 is 36.2 Å². The maximum absolute atomic E-state index is 13.0. The average Bonchev–Trinajstić information content (AvgIpc) is 4.47. The summed E-state index contributed by atoms with van der Waals surface area (Å²) in [5, 5.41) is 9.36. The Kier molecular flexibility index (Phi) is 34.3. The molecule has 0 aromatic heterocycles. The van der Waals surface area contributed by atoms with Crippen molar-refractivity contribution in [3.63, 3.8) is 0 Å². The fourth-order valence-corrected chi connectivity index (χ4v) is 14.2. The van der Waals surface area contributed by atoms with E-state index < -0.39 is 24.4 Å². The first-order valence-electron chi connectivity index (χ1n) is 35.6. The molecule has 6 atom stereocenters. The molecule has 17 nitrogen and oxygen atoms in total. The molecule has 6 unspecified atom stereocenters. The van der Waals surface area contributed by atoms with Gasteiger partial charge in [-0.3, -0.25) is 24.2 Å². The predicted octanol–water partition coefficient (Wildman–Crippen LogP) is 14.4. The molecular weight excluding hydrogens is 1090 g/mol. The van der Waals surface area contributed by atoms with Crippen molar-refractivity contribution < 1.29 is 57.2 Å². The first kappa shape index (κ1) is 71.2. The Morgan fingerprint density at radius 3 is 1.09 bits per heavy atom. The zero-order valence-corrected chi connectivity index (χ0v) is 54.5. The number of nitrogens with zero attached hydrogens (tertiary/aromatic N) is 2. The van der Waals surface area contributed by atoms with E-state index in [0.29, 0.717) is 87.2 Å². The van der Waals surface area contributed by atoms with Crippen molar-refractivity contribution in [3.8, 4) is 0 Å². The van der Waals surface area contributed by atoms with Gasteiger partial charge in [-0.05, 0) is 185 Å².